The molecule has 3 aromatic rings. The summed E-state index contributed by atoms with van der Waals surface area (Å²) in [6, 6.07) is 12.4. The molecule has 0 saturated carbocycles. The van der Waals surface area contributed by atoms with Gasteiger partial charge in [-0.15, -0.1) is 0 Å². The molecule has 3 aromatic carbocycles. The van der Waals surface area contributed by atoms with Crippen LogP contribution in [0.2, 0.25) is 0 Å². The average Bonchev–Trinajstić information content (AvgIpc) is 2.68. The highest BCUT2D eigenvalue weighted by molar-refractivity contribution is 5.92. The van der Waals surface area contributed by atoms with Gasteiger partial charge in [-0.3, -0.25) is 4.79 Å². The number of carbonyl (C=O) groups excluding carboxylic acids is 1. The fourth-order valence-electron chi connectivity index (χ4n) is 3.38. The standard InChI is InChI=1S/C22H23FN2O3/c1-22(2,21(26)28-4)16-11-17(25)19(23)18(20(16)27-3)14-6-5-13-10-15(24)8-7-12(13)9-14/h5-11H,24-25H2,1-4H3. The third-order valence-corrected chi connectivity index (χ3v) is 4.97. The average molecular weight is 382 g/mol. The van der Waals surface area contributed by atoms with Crippen molar-refractivity contribution < 1.29 is 18.7 Å². The molecule has 0 atom stereocenters. The van der Waals surface area contributed by atoms with Crippen LogP contribution in [0.5, 0.6) is 5.75 Å². The van der Waals surface area contributed by atoms with Crippen LogP contribution in [0.15, 0.2) is 42.5 Å². The number of ether oxygens (including phenoxy) is 2. The van der Waals surface area contributed by atoms with Crippen molar-refractivity contribution in [3.05, 3.63) is 53.8 Å². The molecule has 146 valence electrons. The van der Waals surface area contributed by atoms with E-state index in [2.05, 4.69) is 0 Å². The van der Waals surface area contributed by atoms with E-state index in [0.29, 0.717) is 16.8 Å². The zero-order valence-corrected chi connectivity index (χ0v) is 16.3. The van der Waals surface area contributed by atoms with Crippen LogP contribution >= 0.6 is 0 Å². The van der Waals surface area contributed by atoms with Crippen LogP contribution in [-0.4, -0.2) is 20.2 Å². The number of halogens is 1. The second-order valence-electron chi connectivity index (χ2n) is 7.17. The Hall–Kier alpha value is -3.28. The van der Waals surface area contributed by atoms with Crippen LogP contribution in [0.25, 0.3) is 21.9 Å². The molecule has 3 rings (SSSR count). The van der Waals surface area contributed by atoms with Crippen LogP contribution in [0.3, 0.4) is 0 Å². The lowest BCUT2D eigenvalue weighted by Crippen LogP contribution is -2.31. The van der Waals surface area contributed by atoms with Crippen molar-refractivity contribution in [2.24, 2.45) is 0 Å². The number of methoxy groups -OCH3 is 2. The topological polar surface area (TPSA) is 87.6 Å². The number of hydrogen-bond donors (Lipinski definition) is 2. The minimum absolute atomic E-state index is 0.0693. The summed E-state index contributed by atoms with van der Waals surface area (Å²) in [6.45, 7) is 3.36. The third kappa shape index (κ3) is 3.11. The van der Waals surface area contributed by atoms with Crippen molar-refractivity contribution in [2.75, 3.05) is 25.7 Å². The number of rotatable bonds is 4. The molecular weight excluding hydrogens is 359 g/mol. The Morgan fingerprint density at radius 1 is 1.00 bits per heavy atom. The SMILES string of the molecule is COC(=O)C(C)(C)c1cc(N)c(F)c(-c2ccc3cc(N)ccc3c2)c1OC. The lowest BCUT2D eigenvalue weighted by atomic mass is 9.81. The molecule has 28 heavy (non-hydrogen) atoms. The predicted molar refractivity (Wildman–Crippen MR) is 110 cm³/mol. The molecule has 6 heteroatoms. The van der Waals surface area contributed by atoms with Crippen molar-refractivity contribution in [1.29, 1.82) is 0 Å². The maximum absolute atomic E-state index is 15.1. The predicted octanol–water partition coefficient (Wildman–Crippen LogP) is 4.27. The number of hydrogen-bond acceptors (Lipinski definition) is 5. The summed E-state index contributed by atoms with van der Waals surface area (Å²) in [5, 5.41) is 1.83. The Morgan fingerprint density at radius 2 is 1.64 bits per heavy atom. The molecular formula is C22H23FN2O3. The summed E-state index contributed by atoms with van der Waals surface area (Å²) < 4.78 is 25.6. The molecule has 0 aromatic heterocycles. The molecule has 0 aliphatic heterocycles. The van der Waals surface area contributed by atoms with Crippen molar-refractivity contribution in [1.82, 2.24) is 0 Å². The fraction of sp³-hybridized carbons (Fsp3) is 0.227. The van der Waals surface area contributed by atoms with E-state index >= 15 is 4.39 Å². The Bertz CT molecular complexity index is 1080. The highest BCUT2D eigenvalue weighted by Gasteiger charge is 2.36. The number of fused-ring (bicyclic) bond motifs is 1. The summed E-state index contributed by atoms with van der Waals surface area (Å²) in [5.74, 6) is -0.829. The van der Waals surface area contributed by atoms with E-state index in [1.54, 1.807) is 26.0 Å². The minimum Gasteiger partial charge on any atom is -0.496 e. The summed E-state index contributed by atoms with van der Waals surface area (Å²) in [4.78, 5) is 12.3. The smallest absolute Gasteiger partial charge is 0.315 e. The van der Waals surface area contributed by atoms with E-state index in [-0.39, 0.29) is 17.0 Å². The summed E-state index contributed by atoms with van der Waals surface area (Å²) in [6.07, 6.45) is 0. The highest BCUT2D eigenvalue weighted by atomic mass is 19.1. The quantitative estimate of drug-likeness (QED) is 0.520. The molecule has 0 unspecified atom stereocenters. The van der Waals surface area contributed by atoms with Gasteiger partial charge in [0.2, 0.25) is 0 Å². The number of carbonyl (C=O) groups is 1. The molecule has 0 amide bonds. The molecule has 5 nitrogen and oxygen atoms in total. The maximum Gasteiger partial charge on any atom is 0.315 e. The Balaban J connectivity index is 2.31. The molecule has 0 bridgehead atoms. The van der Waals surface area contributed by atoms with Crippen molar-refractivity contribution in [2.45, 2.75) is 19.3 Å². The van der Waals surface area contributed by atoms with Crippen LogP contribution in [0.4, 0.5) is 15.8 Å². The van der Waals surface area contributed by atoms with E-state index in [9.17, 15) is 4.79 Å². The van der Waals surface area contributed by atoms with Gasteiger partial charge in [0.05, 0.1) is 30.9 Å². The van der Waals surface area contributed by atoms with Gasteiger partial charge in [0.25, 0.3) is 0 Å². The number of esters is 1. The molecule has 0 saturated heterocycles. The highest BCUT2D eigenvalue weighted by Crippen LogP contribution is 2.44. The number of benzene rings is 3. The van der Waals surface area contributed by atoms with E-state index in [4.69, 9.17) is 20.9 Å². The van der Waals surface area contributed by atoms with Gasteiger partial charge >= 0.3 is 5.97 Å². The number of nitrogens with two attached hydrogens (primary N) is 2. The van der Waals surface area contributed by atoms with Crippen molar-refractivity contribution >= 4 is 28.1 Å². The fourth-order valence-corrected chi connectivity index (χ4v) is 3.38. The lowest BCUT2D eigenvalue weighted by Gasteiger charge is -2.26. The Morgan fingerprint density at radius 3 is 2.29 bits per heavy atom. The first-order valence-electron chi connectivity index (χ1n) is 8.75. The molecule has 0 heterocycles. The van der Waals surface area contributed by atoms with Crippen LogP contribution in [0.1, 0.15) is 19.4 Å². The minimum atomic E-state index is -1.08. The van der Waals surface area contributed by atoms with E-state index < -0.39 is 17.2 Å². The monoisotopic (exact) mass is 382 g/mol. The van der Waals surface area contributed by atoms with Gasteiger partial charge < -0.3 is 20.9 Å². The van der Waals surface area contributed by atoms with E-state index in [1.165, 1.54) is 20.3 Å². The van der Waals surface area contributed by atoms with Gasteiger partial charge in [0, 0.05) is 11.3 Å². The van der Waals surface area contributed by atoms with Gasteiger partial charge in [0.1, 0.15) is 5.75 Å². The van der Waals surface area contributed by atoms with Crippen molar-refractivity contribution in [3.63, 3.8) is 0 Å². The number of anilines is 2. The van der Waals surface area contributed by atoms with Gasteiger partial charge in [-0.1, -0.05) is 18.2 Å². The zero-order chi connectivity index (χ0) is 20.6. The van der Waals surface area contributed by atoms with Crippen LogP contribution in [-0.2, 0) is 14.9 Å². The lowest BCUT2D eigenvalue weighted by molar-refractivity contribution is -0.146. The largest absolute Gasteiger partial charge is 0.496 e. The Labute approximate surface area is 163 Å². The van der Waals surface area contributed by atoms with E-state index in [1.807, 2.05) is 24.3 Å². The second kappa shape index (κ2) is 7.03. The number of nitrogen functional groups attached to an aromatic ring is 2. The molecule has 0 radical (unpaired) electrons. The Kier molecular flexibility index (Phi) is 4.89. The second-order valence-corrected chi connectivity index (χ2v) is 7.17. The van der Waals surface area contributed by atoms with Crippen LogP contribution < -0.4 is 16.2 Å². The van der Waals surface area contributed by atoms with Gasteiger partial charge in [-0.25, -0.2) is 4.39 Å². The molecule has 0 fully saturated rings. The van der Waals surface area contributed by atoms with Crippen LogP contribution in [0, 0.1) is 5.82 Å². The third-order valence-electron chi connectivity index (χ3n) is 4.97. The first-order valence-corrected chi connectivity index (χ1v) is 8.75. The summed E-state index contributed by atoms with van der Waals surface area (Å²) in [5.41, 5.74) is 12.5. The first kappa shape index (κ1) is 19.5. The summed E-state index contributed by atoms with van der Waals surface area (Å²) >= 11 is 0. The molecule has 0 aliphatic rings. The molecule has 4 N–H and O–H groups in total. The normalized spacial score (nSPS) is 11.5. The summed E-state index contributed by atoms with van der Waals surface area (Å²) in [7, 11) is 2.74. The van der Waals surface area contributed by atoms with E-state index in [0.717, 1.165) is 10.8 Å². The van der Waals surface area contributed by atoms with Gasteiger partial charge in [-0.2, -0.15) is 0 Å². The molecule has 0 aliphatic carbocycles. The maximum atomic E-state index is 15.1. The molecule has 0 spiro atoms. The van der Waals surface area contributed by atoms with Crippen molar-refractivity contribution in [3.8, 4) is 16.9 Å². The first-order chi connectivity index (χ1) is 13.2. The van der Waals surface area contributed by atoms with Gasteiger partial charge in [0.15, 0.2) is 5.82 Å². The zero-order valence-electron chi connectivity index (χ0n) is 16.3. The van der Waals surface area contributed by atoms with Gasteiger partial charge in [-0.05, 0) is 54.4 Å².